The van der Waals surface area contributed by atoms with E-state index in [9.17, 15) is 4.79 Å². The highest BCUT2D eigenvalue weighted by atomic mass is 16.2. The van der Waals surface area contributed by atoms with Crippen LogP contribution in [0.25, 0.3) is 0 Å². The maximum atomic E-state index is 12.5. The summed E-state index contributed by atoms with van der Waals surface area (Å²) in [5, 5.41) is 0. The molecule has 0 aliphatic carbocycles. The number of amides is 1. The lowest BCUT2D eigenvalue weighted by atomic mass is 10.1. The van der Waals surface area contributed by atoms with Gasteiger partial charge in [0.2, 0.25) is 0 Å². The quantitative estimate of drug-likeness (QED) is 0.818. The fourth-order valence-electron chi connectivity index (χ4n) is 1.92. The summed E-state index contributed by atoms with van der Waals surface area (Å²) < 4.78 is 0. The molecule has 0 radical (unpaired) electrons. The lowest BCUT2D eigenvalue weighted by Gasteiger charge is -2.22. The van der Waals surface area contributed by atoms with Crippen molar-refractivity contribution < 1.29 is 4.79 Å². The molecule has 1 aromatic rings. The van der Waals surface area contributed by atoms with E-state index in [1.165, 1.54) is 0 Å². The number of hydrogen-bond acceptors (Lipinski definition) is 3. The highest BCUT2D eigenvalue weighted by molar-refractivity contribution is 5.95. The summed E-state index contributed by atoms with van der Waals surface area (Å²) in [4.78, 5) is 16.3. The van der Waals surface area contributed by atoms with E-state index in [1.807, 2.05) is 48.2 Å². The Kier molecular flexibility index (Phi) is 6.36. The maximum Gasteiger partial charge on any atom is 0.253 e. The minimum atomic E-state index is 0.0719. The Morgan fingerprint density at radius 2 is 2.00 bits per heavy atom. The summed E-state index contributed by atoms with van der Waals surface area (Å²) >= 11 is 0. The molecule has 0 unspecified atom stereocenters. The molecule has 4 heteroatoms. The smallest absolute Gasteiger partial charge is 0.253 e. The van der Waals surface area contributed by atoms with Crippen LogP contribution in [-0.4, -0.2) is 44.5 Å². The van der Waals surface area contributed by atoms with Gasteiger partial charge >= 0.3 is 0 Å². The Labute approximate surface area is 116 Å². The van der Waals surface area contributed by atoms with E-state index < -0.39 is 0 Å². The number of benzene rings is 1. The molecule has 0 aliphatic heterocycles. The molecule has 0 aliphatic rings. The predicted molar refractivity (Wildman–Crippen MR) is 80.6 cm³/mol. The number of rotatable bonds is 7. The normalized spacial score (nSPS) is 10.3. The van der Waals surface area contributed by atoms with Crippen LogP contribution >= 0.6 is 0 Å². The van der Waals surface area contributed by atoms with Crippen LogP contribution in [0.15, 0.2) is 24.3 Å². The van der Waals surface area contributed by atoms with Gasteiger partial charge < -0.3 is 15.5 Å². The van der Waals surface area contributed by atoms with Gasteiger partial charge in [0, 0.05) is 45.0 Å². The molecule has 19 heavy (non-hydrogen) atoms. The van der Waals surface area contributed by atoms with Gasteiger partial charge in [-0.05, 0) is 24.6 Å². The fourth-order valence-corrected chi connectivity index (χ4v) is 1.92. The fraction of sp³-hybridized carbons (Fsp3) is 0.533. The van der Waals surface area contributed by atoms with Crippen molar-refractivity contribution in [3.8, 4) is 0 Å². The molecule has 0 aromatic heterocycles. The summed E-state index contributed by atoms with van der Waals surface area (Å²) in [5.41, 5.74) is 7.36. The van der Waals surface area contributed by atoms with Gasteiger partial charge in [0.15, 0.2) is 0 Å². The first kappa shape index (κ1) is 15.5. The van der Waals surface area contributed by atoms with Gasteiger partial charge in [-0.1, -0.05) is 19.4 Å². The van der Waals surface area contributed by atoms with Crippen molar-refractivity contribution in [2.75, 3.05) is 38.6 Å². The Bertz CT molecular complexity index is 404. The molecule has 0 spiro atoms. The van der Waals surface area contributed by atoms with Gasteiger partial charge in [-0.2, -0.15) is 0 Å². The molecule has 0 saturated carbocycles. The summed E-state index contributed by atoms with van der Waals surface area (Å²) in [6.45, 7) is 4.02. The molecule has 0 heterocycles. The lowest BCUT2D eigenvalue weighted by Crippen LogP contribution is -2.36. The summed E-state index contributed by atoms with van der Waals surface area (Å²) in [7, 11) is 3.94. The molecular formula is C15H25N3O. The number of hydrogen-bond donors (Lipinski definition) is 1. The zero-order valence-corrected chi connectivity index (χ0v) is 12.2. The first-order valence-electron chi connectivity index (χ1n) is 6.86. The van der Waals surface area contributed by atoms with Crippen molar-refractivity contribution in [1.82, 2.24) is 4.90 Å². The van der Waals surface area contributed by atoms with Gasteiger partial charge in [0.25, 0.3) is 5.91 Å². The number of nitrogens with two attached hydrogens (primary N) is 1. The molecule has 0 fully saturated rings. The standard InChI is InChI=1S/C15H25N3O/c1-4-5-10-18(11-9-16)15(19)13-7-6-8-14(12-13)17(2)3/h6-8,12H,4-5,9-11,16H2,1-3H3. The third-order valence-electron chi connectivity index (χ3n) is 3.08. The van der Waals surface area contributed by atoms with Crippen molar-refractivity contribution >= 4 is 11.6 Å². The zero-order chi connectivity index (χ0) is 14.3. The SMILES string of the molecule is CCCCN(CCN)C(=O)c1cccc(N(C)C)c1. The molecule has 106 valence electrons. The van der Waals surface area contributed by atoms with Crippen LogP contribution < -0.4 is 10.6 Å². The first-order valence-corrected chi connectivity index (χ1v) is 6.86. The van der Waals surface area contributed by atoms with Crippen LogP contribution in [-0.2, 0) is 0 Å². The Morgan fingerprint density at radius 3 is 2.58 bits per heavy atom. The van der Waals surface area contributed by atoms with Gasteiger partial charge in [-0.15, -0.1) is 0 Å². The van der Waals surface area contributed by atoms with Crippen LogP contribution in [0.2, 0.25) is 0 Å². The van der Waals surface area contributed by atoms with Gasteiger partial charge in [-0.3, -0.25) is 4.79 Å². The van der Waals surface area contributed by atoms with Crippen molar-refractivity contribution in [1.29, 1.82) is 0 Å². The Morgan fingerprint density at radius 1 is 1.26 bits per heavy atom. The maximum absolute atomic E-state index is 12.5. The third-order valence-corrected chi connectivity index (χ3v) is 3.08. The number of carbonyl (C=O) groups excluding carboxylic acids is 1. The first-order chi connectivity index (χ1) is 9.10. The molecule has 2 N–H and O–H groups in total. The average Bonchev–Trinajstić information content (AvgIpc) is 2.42. The second kappa shape index (κ2) is 7.79. The number of unbranched alkanes of at least 4 members (excludes halogenated alkanes) is 1. The Hall–Kier alpha value is -1.55. The Balaban J connectivity index is 2.85. The molecule has 4 nitrogen and oxygen atoms in total. The summed E-state index contributed by atoms with van der Waals surface area (Å²) in [5.74, 6) is 0.0719. The minimum absolute atomic E-state index is 0.0719. The molecule has 0 atom stereocenters. The minimum Gasteiger partial charge on any atom is -0.378 e. The van der Waals surface area contributed by atoms with Gasteiger partial charge in [-0.25, -0.2) is 0 Å². The van der Waals surface area contributed by atoms with E-state index in [2.05, 4.69) is 6.92 Å². The molecule has 1 amide bonds. The second-order valence-electron chi connectivity index (χ2n) is 4.88. The van der Waals surface area contributed by atoms with E-state index >= 15 is 0 Å². The van der Waals surface area contributed by atoms with E-state index in [1.54, 1.807) is 0 Å². The number of anilines is 1. The van der Waals surface area contributed by atoms with Crippen LogP contribution in [0.5, 0.6) is 0 Å². The van der Waals surface area contributed by atoms with E-state index in [0.29, 0.717) is 13.1 Å². The van der Waals surface area contributed by atoms with E-state index in [0.717, 1.165) is 30.6 Å². The van der Waals surface area contributed by atoms with E-state index in [-0.39, 0.29) is 5.91 Å². The molecular weight excluding hydrogens is 238 g/mol. The highest BCUT2D eigenvalue weighted by Gasteiger charge is 2.15. The number of carbonyl (C=O) groups is 1. The van der Waals surface area contributed by atoms with Crippen LogP contribution in [0.3, 0.4) is 0 Å². The highest BCUT2D eigenvalue weighted by Crippen LogP contribution is 2.15. The van der Waals surface area contributed by atoms with Crippen molar-refractivity contribution in [2.24, 2.45) is 5.73 Å². The van der Waals surface area contributed by atoms with Gasteiger partial charge in [0.05, 0.1) is 0 Å². The van der Waals surface area contributed by atoms with Gasteiger partial charge in [0.1, 0.15) is 0 Å². The van der Waals surface area contributed by atoms with E-state index in [4.69, 9.17) is 5.73 Å². The lowest BCUT2D eigenvalue weighted by molar-refractivity contribution is 0.0758. The monoisotopic (exact) mass is 263 g/mol. The van der Waals surface area contributed by atoms with Crippen LogP contribution in [0.4, 0.5) is 5.69 Å². The average molecular weight is 263 g/mol. The molecule has 1 aromatic carbocycles. The summed E-state index contributed by atoms with van der Waals surface area (Å²) in [6.07, 6.45) is 2.09. The third kappa shape index (κ3) is 4.56. The topological polar surface area (TPSA) is 49.6 Å². The summed E-state index contributed by atoms with van der Waals surface area (Å²) in [6, 6.07) is 7.71. The molecule has 0 saturated heterocycles. The van der Waals surface area contributed by atoms with Crippen LogP contribution in [0.1, 0.15) is 30.1 Å². The van der Waals surface area contributed by atoms with Crippen LogP contribution in [0, 0.1) is 0 Å². The zero-order valence-electron chi connectivity index (χ0n) is 12.2. The van der Waals surface area contributed by atoms with Crippen molar-refractivity contribution in [3.05, 3.63) is 29.8 Å². The molecule has 1 rings (SSSR count). The predicted octanol–water partition coefficient (Wildman–Crippen LogP) is 1.95. The second-order valence-corrected chi connectivity index (χ2v) is 4.88. The molecule has 0 bridgehead atoms. The van der Waals surface area contributed by atoms with Crippen molar-refractivity contribution in [2.45, 2.75) is 19.8 Å². The van der Waals surface area contributed by atoms with Crippen molar-refractivity contribution in [3.63, 3.8) is 0 Å². The largest absolute Gasteiger partial charge is 0.378 e. The number of nitrogens with zero attached hydrogens (tertiary/aromatic N) is 2.